The van der Waals surface area contributed by atoms with E-state index in [1.165, 1.54) is 6.07 Å². The van der Waals surface area contributed by atoms with Gasteiger partial charge in [-0.2, -0.15) is 0 Å². The molecule has 0 bridgehead atoms. The van der Waals surface area contributed by atoms with Gasteiger partial charge in [-0.3, -0.25) is 0 Å². The zero-order chi connectivity index (χ0) is 10.4. The SMILES string of the molecule is CC(Cl)CCNCc1ccccc1F. The molecule has 78 valence electrons. The lowest BCUT2D eigenvalue weighted by atomic mass is 10.2. The number of rotatable bonds is 5. The van der Waals surface area contributed by atoms with E-state index in [9.17, 15) is 4.39 Å². The Morgan fingerprint density at radius 1 is 1.43 bits per heavy atom. The van der Waals surface area contributed by atoms with Crippen molar-refractivity contribution in [1.82, 2.24) is 5.32 Å². The highest BCUT2D eigenvalue weighted by atomic mass is 35.5. The first-order valence-corrected chi connectivity index (χ1v) is 5.22. The van der Waals surface area contributed by atoms with Crippen LogP contribution in [0, 0.1) is 5.82 Å². The Hall–Kier alpha value is -0.600. The second-order valence-corrected chi connectivity index (χ2v) is 4.08. The highest BCUT2D eigenvalue weighted by Gasteiger charge is 2.00. The minimum absolute atomic E-state index is 0.154. The number of hydrogen-bond acceptors (Lipinski definition) is 1. The molecule has 0 amide bonds. The van der Waals surface area contributed by atoms with E-state index >= 15 is 0 Å². The average molecular weight is 216 g/mol. The van der Waals surface area contributed by atoms with Crippen molar-refractivity contribution in [2.24, 2.45) is 0 Å². The monoisotopic (exact) mass is 215 g/mol. The van der Waals surface area contributed by atoms with Gasteiger partial charge in [-0.25, -0.2) is 4.39 Å². The van der Waals surface area contributed by atoms with Crippen molar-refractivity contribution in [3.63, 3.8) is 0 Å². The standard InChI is InChI=1S/C11H15ClFN/c1-9(12)6-7-14-8-10-4-2-3-5-11(10)13/h2-5,9,14H,6-8H2,1H3. The molecule has 1 aromatic rings. The van der Waals surface area contributed by atoms with E-state index in [1.807, 2.05) is 13.0 Å². The molecule has 1 rings (SSSR count). The third kappa shape index (κ3) is 4.07. The average Bonchev–Trinajstić information content (AvgIpc) is 2.15. The van der Waals surface area contributed by atoms with Gasteiger partial charge in [0.2, 0.25) is 0 Å². The molecular weight excluding hydrogens is 201 g/mol. The van der Waals surface area contributed by atoms with Crippen LogP contribution in [0.1, 0.15) is 18.9 Å². The third-order valence-electron chi connectivity index (χ3n) is 1.99. The summed E-state index contributed by atoms with van der Waals surface area (Å²) in [5.41, 5.74) is 0.703. The van der Waals surface area contributed by atoms with Crippen molar-refractivity contribution < 1.29 is 4.39 Å². The molecule has 0 aliphatic heterocycles. The molecule has 1 aromatic carbocycles. The summed E-state index contributed by atoms with van der Waals surface area (Å²) in [5, 5.41) is 3.32. The Kier molecular flexibility index (Phi) is 4.91. The van der Waals surface area contributed by atoms with Crippen LogP contribution in [0.3, 0.4) is 0 Å². The van der Waals surface area contributed by atoms with Crippen LogP contribution < -0.4 is 5.32 Å². The Balaban J connectivity index is 2.28. The molecular formula is C11H15ClFN. The summed E-state index contributed by atoms with van der Waals surface area (Å²) >= 11 is 5.78. The maximum atomic E-state index is 13.1. The summed E-state index contributed by atoms with van der Waals surface area (Å²) < 4.78 is 13.1. The Morgan fingerprint density at radius 2 is 2.14 bits per heavy atom. The summed E-state index contributed by atoms with van der Waals surface area (Å²) in [4.78, 5) is 0. The van der Waals surface area contributed by atoms with Crippen LogP contribution in [0.2, 0.25) is 0 Å². The molecule has 0 saturated carbocycles. The Bertz CT molecular complexity index is 276. The summed E-state index contributed by atoms with van der Waals surface area (Å²) in [5.74, 6) is -0.154. The van der Waals surface area contributed by atoms with Crippen LogP contribution in [0.4, 0.5) is 4.39 Å². The van der Waals surface area contributed by atoms with Crippen molar-refractivity contribution in [3.8, 4) is 0 Å². The summed E-state index contributed by atoms with van der Waals surface area (Å²) in [7, 11) is 0. The first-order chi connectivity index (χ1) is 6.70. The van der Waals surface area contributed by atoms with Gasteiger partial charge in [0, 0.05) is 17.5 Å². The fourth-order valence-corrected chi connectivity index (χ4v) is 1.27. The molecule has 3 heteroatoms. The minimum atomic E-state index is -0.154. The van der Waals surface area contributed by atoms with Crippen molar-refractivity contribution in [3.05, 3.63) is 35.6 Å². The lowest BCUT2D eigenvalue weighted by Gasteiger charge is -2.06. The highest BCUT2D eigenvalue weighted by molar-refractivity contribution is 6.20. The molecule has 0 radical (unpaired) electrons. The van der Waals surface area contributed by atoms with E-state index in [2.05, 4.69) is 5.32 Å². The van der Waals surface area contributed by atoms with Gasteiger partial charge in [-0.05, 0) is 26.0 Å². The Morgan fingerprint density at radius 3 is 2.79 bits per heavy atom. The highest BCUT2D eigenvalue weighted by Crippen LogP contribution is 2.05. The first-order valence-electron chi connectivity index (χ1n) is 4.78. The van der Waals surface area contributed by atoms with E-state index in [4.69, 9.17) is 11.6 Å². The van der Waals surface area contributed by atoms with Crippen LogP contribution in [0.25, 0.3) is 0 Å². The molecule has 0 saturated heterocycles. The molecule has 14 heavy (non-hydrogen) atoms. The van der Waals surface area contributed by atoms with Gasteiger partial charge in [0.25, 0.3) is 0 Å². The molecule has 0 aliphatic rings. The predicted molar refractivity (Wildman–Crippen MR) is 58.0 cm³/mol. The minimum Gasteiger partial charge on any atom is -0.313 e. The van der Waals surface area contributed by atoms with Gasteiger partial charge in [-0.15, -0.1) is 11.6 Å². The smallest absolute Gasteiger partial charge is 0.127 e. The molecule has 0 spiro atoms. The maximum Gasteiger partial charge on any atom is 0.127 e. The van der Waals surface area contributed by atoms with Gasteiger partial charge >= 0.3 is 0 Å². The number of benzene rings is 1. The van der Waals surface area contributed by atoms with Crippen LogP contribution in [0.5, 0.6) is 0 Å². The molecule has 1 unspecified atom stereocenters. The van der Waals surface area contributed by atoms with Crippen molar-refractivity contribution in [1.29, 1.82) is 0 Å². The fourth-order valence-electron chi connectivity index (χ4n) is 1.17. The summed E-state index contributed by atoms with van der Waals surface area (Å²) in [6.45, 7) is 3.33. The number of halogens is 2. The van der Waals surface area contributed by atoms with Crippen LogP contribution >= 0.6 is 11.6 Å². The van der Waals surface area contributed by atoms with Gasteiger partial charge in [0.15, 0.2) is 0 Å². The van der Waals surface area contributed by atoms with E-state index in [-0.39, 0.29) is 11.2 Å². The zero-order valence-electron chi connectivity index (χ0n) is 8.26. The van der Waals surface area contributed by atoms with Crippen LogP contribution in [-0.4, -0.2) is 11.9 Å². The maximum absolute atomic E-state index is 13.1. The largest absolute Gasteiger partial charge is 0.313 e. The lowest BCUT2D eigenvalue weighted by molar-refractivity contribution is 0.581. The molecule has 0 aromatic heterocycles. The van der Waals surface area contributed by atoms with Crippen LogP contribution in [-0.2, 0) is 6.54 Å². The number of nitrogens with one attached hydrogen (secondary N) is 1. The Labute approximate surface area is 89.3 Å². The van der Waals surface area contributed by atoms with Gasteiger partial charge in [-0.1, -0.05) is 18.2 Å². The van der Waals surface area contributed by atoms with Crippen molar-refractivity contribution >= 4 is 11.6 Å². The van der Waals surface area contributed by atoms with Gasteiger partial charge < -0.3 is 5.32 Å². The normalized spacial score (nSPS) is 12.8. The fraction of sp³-hybridized carbons (Fsp3) is 0.455. The second-order valence-electron chi connectivity index (χ2n) is 3.34. The quantitative estimate of drug-likeness (QED) is 0.588. The molecule has 0 heterocycles. The van der Waals surface area contributed by atoms with E-state index in [0.29, 0.717) is 12.1 Å². The molecule has 0 fully saturated rings. The summed E-state index contributed by atoms with van der Waals surface area (Å²) in [6.07, 6.45) is 0.899. The lowest BCUT2D eigenvalue weighted by Crippen LogP contribution is -2.17. The first kappa shape index (κ1) is 11.5. The molecule has 0 aliphatic carbocycles. The topological polar surface area (TPSA) is 12.0 Å². The van der Waals surface area contributed by atoms with Crippen LogP contribution in [0.15, 0.2) is 24.3 Å². The predicted octanol–water partition coefficient (Wildman–Crippen LogP) is 2.93. The molecule has 1 atom stereocenters. The second kappa shape index (κ2) is 5.99. The van der Waals surface area contributed by atoms with E-state index in [1.54, 1.807) is 12.1 Å². The summed E-state index contributed by atoms with van der Waals surface area (Å²) in [6, 6.07) is 6.79. The van der Waals surface area contributed by atoms with Crippen molar-refractivity contribution in [2.75, 3.05) is 6.54 Å². The van der Waals surface area contributed by atoms with Gasteiger partial charge in [0.05, 0.1) is 0 Å². The van der Waals surface area contributed by atoms with E-state index in [0.717, 1.165) is 13.0 Å². The zero-order valence-corrected chi connectivity index (χ0v) is 9.02. The van der Waals surface area contributed by atoms with E-state index < -0.39 is 0 Å². The third-order valence-corrected chi connectivity index (χ3v) is 2.21. The van der Waals surface area contributed by atoms with Crippen molar-refractivity contribution in [2.45, 2.75) is 25.3 Å². The van der Waals surface area contributed by atoms with Gasteiger partial charge in [0.1, 0.15) is 5.82 Å². The molecule has 1 nitrogen and oxygen atoms in total. The number of hydrogen-bond donors (Lipinski definition) is 1. The molecule has 1 N–H and O–H groups in total. The number of alkyl halides is 1.